The summed E-state index contributed by atoms with van der Waals surface area (Å²) in [6, 6.07) is 0. The van der Waals surface area contributed by atoms with Crippen LogP contribution in [0.25, 0.3) is 0 Å². The molecule has 6 heteroatoms. The van der Waals surface area contributed by atoms with Gasteiger partial charge in [0, 0.05) is 18.2 Å². The van der Waals surface area contributed by atoms with Crippen molar-refractivity contribution in [3.8, 4) is 0 Å². The molecule has 0 atom stereocenters. The van der Waals surface area contributed by atoms with E-state index in [1.165, 1.54) is 0 Å². The third-order valence-electron chi connectivity index (χ3n) is 0.673. The average Bonchev–Trinajstić information content (AvgIpc) is 2.13. The predicted molar refractivity (Wildman–Crippen MR) is 43.8 cm³/mol. The van der Waals surface area contributed by atoms with Crippen LogP contribution in [0.4, 0.5) is 0 Å². The highest BCUT2D eigenvalue weighted by atomic mass is 79.9. The largest absolute Gasteiger partial charge is 0.275 e. The number of aryl methyl sites for hydroxylation is 1. The summed E-state index contributed by atoms with van der Waals surface area (Å²) in [6.07, 6.45) is 3.64. The van der Waals surface area contributed by atoms with E-state index in [4.69, 9.17) is 10.1 Å². The topological polar surface area (TPSA) is 61.0 Å². The molecule has 0 bridgehead atoms. The van der Waals surface area contributed by atoms with E-state index in [0.29, 0.717) is 0 Å². The van der Waals surface area contributed by atoms with Crippen LogP contribution in [0.3, 0.4) is 0 Å². The van der Waals surface area contributed by atoms with Crippen molar-refractivity contribution in [3.63, 3.8) is 0 Å². The first-order valence-electron chi connectivity index (χ1n) is 2.74. The smallest absolute Gasteiger partial charge is 0.194 e. The summed E-state index contributed by atoms with van der Waals surface area (Å²) in [6.45, 7) is 0. The van der Waals surface area contributed by atoms with Gasteiger partial charge in [-0.2, -0.15) is 5.10 Å². The Morgan fingerprint density at radius 3 is 2.36 bits per heavy atom. The molecule has 0 aliphatic carbocycles. The number of rotatable bonds is 0. The van der Waals surface area contributed by atoms with Gasteiger partial charge in [0.05, 0.1) is 10.7 Å². The zero-order valence-corrected chi connectivity index (χ0v) is 7.78. The van der Waals surface area contributed by atoms with E-state index in [1.807, 2.05) is 13.2 Å². The van der Waals surface area contributed by atoms with Crippen molar-refractivity contribution in [2.75, 3.05) is 7.05 Å². The molecule has 1 heterocycles. The number of nitro groups is 1. The van der Waals surface area contributed by atoms with Crippen LogP contribution in [0, 0.1) is 10.1 Å². The Morgan fingerprint density at radius 2 is 2.27 bits per heavy atom. The lowest BCUT2D eigenvalue weighted by Gasteiger charge is -1.77. The van der Waals surface area contributed by atoms with E-state index >= 15 is 0 Å². The molecule has 1 rings (SSSR count). The van der Waals surface area contributed by atoms with Gasteiger partial charge in [-0.25, -0.2) is 0 Å². The second-order valence-corrected chi connectivity index (χ2v) is 2.69. The fourth-order valence-electron chi connectivity index (χ4n) is 0.391. The molecular formula is C5H8BrN3O2. The fraction of sp³-hybridized carbons (Fsp3) is 0.400. The summed E-state index contributed by atoms with van der Waals surface area (Å²) in [5, 5.41) is 12.7. The lowest BCUT2D eigenvalue weighted by Crippen LogP contribution is -1.83. The second kappa shape index (κ2) is 4.84. The summed E-state index contributed by atoms with van der Waals surface area (Å²) in [7, 11) is 2.77. The Balaban J connectivity index is 0.000000218. The third-order valence-corrected chi connectivity index (χ3v) is 1.08. The normalized spacial score (nSPS) is 8.27. The van der Waals surface area contributed by atoms with Gasteiger partial charge in [0.1, 0.15) is 0 Å². The number of nitrogens with zero attached hydrogens (tertiary/aromatic N) is 3. The third kappa shape index (κ3) is 6.98. The molecule has 0 aromatic carbocycles. The van der Waals surface area contributed by atoms with Gasteiger partial charge in [0.25, 0.3) is 0 Å². The molecule has 1 aromatic heterocycles. The lowest BCUT2D eigenvalue weighted by molar-refractivity contribution is -0.445. The van der Waals surface area contributed by atoms with Crippen molar-refractivity contribution in [2.45, 2.75) is 0 Å². The van der Waals surface area contributed by atoms with E-state index in [1.54, 1.807) is 10.9 Å². The Kier molecular flexibility index (Phi) is 4.44. The molecule has 0 fully saturated rings. The first kappa shape index (κ1) is 10.1. The maximum Gasteiger partial charge on any atom is 0.194 e. The van der Waals surface area contributed by atoms with Crippen molar-refractivity contribution in [2.24, 2.45) is 7.05 Å². The lowest BCUT2D eigenvalue weighted by atomic mass is 10.8. The number of halogens is 1. The minimum absolute atomic E-state index is 0.500. The summed E-state index contributed by atoms with van der Waals surface area (Å²) in [5.41, 5.74) is 0. The van der Waals surface area contributed by atoms with Crippen LogP contribution >= 0.6 is 15.9 Å². The molecule has 0 saturated heterocycles. The van der Waals surface area contributed by atoms with Crippen molar-refractivity contribution in [3.05, 3.63) is 27.0 Å². The van der Waals surface area contributed by atoms with Crippen LogP contribution in [-0.4, -0.2) is 21.8 Å². The minimum Gasteiger partial charge on any atom is -0.275 e. The first-order chi connectivity index (χ1) is 5.02. The molecule has 0 aliphatic rings. The standard InChI is InChI=1S/C4H5BrN2.CH3NO2/c1-7-3-4(5)2-6-7;1-2(3)4/h2-3H,1H3;1H3. The van der Waals surface area contributed by atoms with Gasteiger partial charge in [-0.05, 0) is 15.9 Å². The zero-order valence-electron chi connectivity index (χ0n) is 6.19. The minimum atomic E-state index is -0.500. The molecule has 0 unspecified atom stereocenters. The molecule has 0 aliphatic heterocycles. The Bertz CT molecular complexity index is 215. The monoisotopic (exact) mass is 221 g/mol. The predicted octanol–water partition coefficient (Wildman–Crippen LogP) is 1.08. The van der Waals surface area contributed by atoms with Crippen molar-refractivity contribution < 1.29 is 4.92 Å². The summed E-state index contributed by atoms with van der Waals surface area (Å²) in [5.74, 6) is 0. The van der Waals surface area contributed by atoms with Gasteiger partial charge < -0.3 is 0 Å². The Labute approximate surface area is 72.3 Å². The average molecular weight is 222 g/mol. The van der Waals surface area contributed by atoms with Crippen LogP contribution in [0.5, 0.6) is 0 Å². The molecule has 5 nitrogen and oxygen atoms in total. The maximum absolute atomic E-state index is 8.81. The van der Waals surface area contributed by atoms with Crippen LogP contribution in [-0.2, 0) is 7.05 Å². The Morgan fingerprint density at radius 1 is 1.82 bits per heavy atom. The van der Waals surface area contributed by atoms with Gasteiger partial charge in [-0.1, -0.05) is 0 Å². The van der Waals surface area contributed by atoms with E-state index in [-0.39, 0.29) is 0 Å². The summed E-state index contributed by atoms with van der Waals surface area (Å²) >= 11 is 3.25. The number of aromatic nitrogens is 2. The molecular weight excluding hydrogens is 214 g/mol. The van der Waals surface area contributed by atoms with Crippen LogP contribution < -0.4 is 0 Å². The van der Waals surface area contributed by atoms with Gasteiger partial charge in [0.15, 0.2) is 7.05 Å². The second-order valence-electron chi connectivity index (χ2n) is 1.77. The number of hydrogen-bond acceptors (Lipinski definition) is 3. The maximum atomic E-state index is 8.81. The van der Waals surface area contributed by atoms with E-state index < -0.39 is 4.92 Å². The molecule has 0 saturated carbocycles. The summed E-state index contributed by atoms with van der Waals surface area (Å²) in [4.78, 5) is 8.31. The molecule has 11 heavy (non-hydrogen) atoms. The van der Waals surface area contributed by atoms with Gasteiger partial charge >= 0.3 is 0 Å². The van der Waals surface area contributed by atoms with Crippen molar-refractivity contribution >= 4 is 15.9 Å². The van der Waals surface area contributed by atoms with Crippen LogP contribution in [0.1, 0.15) is 0 Å². The highest BCUT2D eigenvalue weighted by Gasteiger charge is 1.83. The molecule has 62 valence electrons. The van der Waals surface area contributed by atoms with E-state index in [0.717, 1.165) is 11.5 Å². The van der Waals surface area contributed by atoms with E-state index in [9.17, 15) is 0 Å². The molecule has 0 N–H and O–H groups in total. The van der Waals surface area contributed by atoms with Crippen LogP contribution in [0.2, 0.25) is 0 Å². The molecule has 0 radical (unpaired) electrons. The first-order valence-corrected chi connectivity index (χ1v) is 3.54. The Hall–Kier alpha value is -0.910. The molecule has 0 amide bonds. The zero-order chi connectivity index (χ0) is 8.85. The highest BCUT2D eigenvalue weighted by molar-refractivity contribution is 9.10. The quantitative estimate of drug-likeness (QED) is 0.487. The number of hydrogen-bond donors (Lipinski definition) is 0. The highest BCUT2D eigenvalue weighted by Crippen LogP contribution is 2.03. The van der Waals surface area contributed by atoms with E-state index in [2.05, 4.69) is 21.0 Å². The van der Waals surface area contributed by atoms with Gasteiger partial charge in [0.2, 0.25) is 0 Å². The SMILES string of the molecule is C[N+](=O)[O-].Cn1cc(Br)cn1. The van der Waals surface area contributed by atoms with Gasteiger partial charge in [-0.15, -0.1) is 0 Å². The van der Waals surface area contributed by atoms with Crippen molar-refractivity contribution in [1.29, 1.82) is 0 Å². The fourth-order valence-corrected chi connectivity index (χ4v) is 0.779. The van der Waals surface area contributed by atoms with Gasteiger partial charge in [-0.3, -0.25) is 14.8 Å². The van der Waals surface area contributed by atoms with Crippen LogP contribution in [0.15, 0.2) is 16.9 Å². The molecule has 0 spiro atoms. The molecule has 1 aromatic rings. The summed E-state index contributed by atoms with van der Waals surface area (Å²) < 4.78 is 2.76. The van der Waals surface area contributed by atoms with Crippen molar-refractivity contribution in [1.82, 2.24) is 9.78 Å².